The molecule has 0 atom stereocenters. The molecule has 0 radical (unpaired) electrons. The Bertz CT molecular complexity index is 3580. The highest BCUT2D eigenvalue weighted by atomic mass is 16.3. The summed E-state index contributed by atoms with van der Waals surface area (Å²) in [5, 5.41) is 12.7. The molecular formula is C64H52N2O2. The average molecular weight is 881 g/mol. The smallest absolute Gasteiger partial charge is 0.135 e. The number of hydrogen-bond acceptors (Lipinski definition) is 4. The molecule has 2 aromatic heterocycles. The van der Waals surface area contributed by atoms with Crippen LogP contribution in [0.5, 0.6) is 0 Å². The summed E-state index contributed by atoms with van der Waals surface area (Å²) in [5.74, 6) is 0.971. The van der Waals surface area contributed by atoms with Gasteiger partial charge in [0.05, 0.1) is 11.4 Å². The van der Waals surface area contributed by atoms with Crippen LogP contribution in [0.3, 0.4) is 0 Å². The molecule has 0 aliphatic heterocycles. The van der Waals surface area contributed by atoms with Crippen LogP contribution >= 0.6 is 0 Å². The van der Waals surface area contributed by atoms with E-state index in [-0.39, 0.29) is 0 Å². The average Bonchev–Trinajstić information content (AvgIpc) is 3.97. The molecule has 2 fully saturated rings. The van der Waals surface area contributed by atoms with E-state index in [0.717, 1.165) is 66.6 Å². The van der Waals surface area contributed by atoms with Crippen molar-refractivity contribution in [3.05, 3.63) is 193 Å². The molecule has 2 saturated carbocycles. The molecule has 2 heterocycles. The van der Waals surface area contributed by atoms with Crippen LogP contribution in [0.4, 0.5) is 34.1 Å². The molecule has 0 bridgehead atoms. The van der Waals surface area contributed by atoms with Gasteiger partial charge in [-0.3, -0.25) is 0 Å². The lowest BCUT2D eigenvalue weighted by atomic mass is 9.77. The zero-order valence-electron chi connectivity index (χ0n) is 38.3. The standard InChI is InChI=1S/C64H52N2O2/c1-5-17-41(18-6-1)53-39-57(65(43-21-9-3-10-22-43)45-29-35-61-55(37-45)47-25-13-15-27-59(47)67-61)51-34-32-50-54(42-19-7-2-8-20-42)40-58(52-33-31-49(53)63(51)64(50)52)66(44-23-11-4-12-24-44)46-30-36-62-56(38-46)48-26-14-16-28-60(48)68-62/h3-4,9-16,21-42H,1-2,5-8,17-20H2. The maximum absolute atomic E-state index is 6.41. The summed E-state index contributed by atoms with van der Waals surface area (Å²) in [7, 11) is 0. The van der Waals surface area contributed by atoms with Crippen LogP contribution in [0.15, 0.2) is 191 Å². The third-order valence-electron chi connectivity index (χ3n) is 15.8. The minimum Gasteiger partial charge on any atom is -0.456 e. The number of fused-ring (bicyclic) bond motifs is 6. The number of nitrogens with zero attached hydrogens (tertiary/aromatic N) is 2. The molecule has 12 aromatic rings. The van der Waals surface area contributed by atoms with E-state index in [1.54, 1.807) is 0 Å². The van der Waals surface area contributed by atoms with Gasteiger partial charge in [0.1, 0.15) is 22.3 Å². The largest absolute Gasteiger partial charge is 0.456 e. The highest BCUT2D eigenvalue weighted by Crippen LogP contribution is 2.53. The highest BCUT2D eigenvalue weighted by molar-refractivity contribution is 6.29. The van der Waals surface area contributed by atoms with Gasteiger partial charge in [0.25, 0.3) is 0 Å². The monoisotopic (exact) mass is 880 g/mol. The summed E-state index contributed by atoms with van der Waals surface area (Å²) in [4.78, 5) is 5.06. The fraction of sp³-hybridized carbons (Fsp3) is 0.188. The Labute approximate surface area is 396 Å². The maximum Gasteiger partial charge on any atom is 0.135 e. The Hall–Kier alpha value is -7.56. The number of furan rings is 2. The second-order valence-corrected chi connectivity index (χ2v) is 19.6. The summed E-state index contributed by atoms with van der Waals surface area (Å²) in [6, 6.07) is 67.6. The van der Waals surface area contributed by atoms with Gasteiger partial charge in [-0.15, -0.1) is 0 Å². The Kier molecular flexibility index (Phi) is 9.35. The molecule has 330 valence electrons. The fourth-order valence-corrected chi connectivity index (χ4v) is 12.6. The first-order valence-electron chi connectivity index (χ1n) is 25.0. The van der Waals surface area contributed by atoms with E-state index in [1.165, 1.54) is 119 Å². The molecule has 4 nitrogen and oxygen atoms in total. The van der Waals surface area contributed by atoms with Crippen LogP contribution in [0.1, 0.15) is 87.2 Å². The topological polar surface area (TPSA) is 32.8 Å². The van der Waals surface area contributed by atoms with Crippen molar-refractivity contribution in [1.82, 2.24) is 0 Å². The van der Waals surface area contributed by atoms with Gasteiger partial charge in [0.2, 0.25) is 0 Å². The summed E-state index contributed by atoms with van der Waals surface area (Å²) in [6.07, 6.45) is 12.6. The molecule has 0 N–H and O–H groups in total. The maximum atomic E-state index is 6.41. The third-order valence-corrected chi connectivity index (χ3v) is 15.8. The number of rotatable bonds is 8. The molecule has 4 heteroatoms. The second kappa shape index (κ2) is 16.1. The molecule has 2 aliphatic rings. The number of hydrogen-bond donors (Lipinski definition) is 0. The van der Waals surface area contributed by atoms with Crippen molar-refractivity contribution in [2.75, 3.05) is 9.80 Å². The molecule has 14 rings (SSSR count). The Morgan fingerprint density at radius 1 is 0.294 bits per heavy atom. The molecule has 0 unspecified atom stereocenters. The van der Waals surface area contributed by atoms with Crippen LogP contribution in [0.25, 0.3) is 76.2 Å². The van der Waals surface area contributed by atoms with Gasteiger partial charge < -0.3 is 18.6 Å². The molecule has 0 spiro atoms. The number of benzene rings is 10. The van der Waals surface area contributed by atoms with Gasteiger partial charge in [-0.1, -0.05) is 136 Å². The van der Waals surface area contributed by atoms with E-state index >= 15 is 0 Å². The zero-order chi connectivity index (χ0) is 44.7. The summed E-state index contributed by atoms with van der Waals surface area (Å²) in [5.41, 5.74) is 13.6. The van der Waals surface area contributed by atoms with E-state index < -0.39 is 0 Å². The predicted molar refractivity (Wildman–Crippen MR) is 286 cm³/mol. The van der Waals surface area contributed by atoms with E-state index in [0.29, 0.717) is 11.8 Å². The Morgan fingerprint density at radius 3 is 1.12 bits per heavy atom. The third kappa shape index (κ3) is 6.34. The Morgan fingerprint density at radius 2 is 0.676 bits per heavy atom. The molecular weight excluding hydrogens is 829 g/mol. The minimum absolute atomic E-state index is 0.486. The van der Waals surface area contributed by atoms with Crippen molar-refractivity contribution in [2.24, 2.45) is 0 Å². The minimum atomic E-state index is 0.486. The van der Waals surface area contributed by atoms with E-state index in [1.807, 2.05) is 0 Å². The van der Waals surface area contributed by atoms with Gasteiger partial charge >= 0.3 is 0 Å². The molecule has 0 saturated heterocycles. The lowest BCUT2D eigenvalue weighted by molar-refractivity contribution is 0.445. The van der Waals surface area contributed by atoms with Gasteiger partial charge in [-0.05, 0) is 155 Å². The van der Waals surface area contributed by atoms with E-state index in [4.69, 9.17) is 8.83 Å². The van der Waals surface area contributed by atoms with Crippen molar-refractivity contribution in [3.63, 3.8) is 0 Å². The lowest BCUT2D eigenvalue weighted by Gasteiger charge is -2.33. The quantitative estimate of drug-likeness (QED) is 0.142. The fourth-order valence-electron chi connectivity index (χ4n) is 12.6. The van der Waals surface area contributed by atoms with Crippen molar-refractivity contribution in [1.29, 1.82) is 0 Å². The van der Waals surface area contributed by atoms with Crippen LogP contribution < -0.4 is 9.80 Å². The van der Waals surface area contributed by atoms with Crippen molar-refractivity contribution >= 4 is 110 Å². The zero-order valence-corrected chi connectivity index (χ0v) is 38.3. The Balaban J connectivity index is 1.09. The SMILES string of the molecule is c1ccc(N(c2ccc3oc4ccccc4c3c2)c2cc(C3CCCCC3)c3ccc4c(N(c5ccccc5)c5ccc6oc7ccccc7c6c5)cc(C5CCCCC5)c5ccc2c3c54)cc1. The summed E-state index contributed by atoms with van der Waals surface area (Å²) < 4.78 is 12.8. The second-order valence-electron chi connectivity index (χ2n) is 19.6. The van der Waals surface area contributed by atoms with E-state index in [2.05, 4.69) is 192 Å². The first-order chi connectivity index (χ1) is 33.7. The highest BCUT2D eigenvalue weighted by Gasteiger charge is 2.30. The van der Waals surface area contributed by atoms with Crippen molar-refractivity contribution in [2.45, 2.75) is 76.0 Å². The van der Waals surface area contributed by atoms with Crippen LogP contribution in [-0.4, -0.2) is 0 Å². The molecule has 0 amide bonds. The number of anilines is 6. The molecule has 68 heavy (non-hydrogen) atoms. The van der Waals surface area contributed by atoms with Gasteiger partial charge in [-0.2, -0.15) is 0 Å². The van der Waals surface area contributed by atoms with Gasteiger partial charge in [-0.25, -0.2) is 0 Å². The summed E-state index contributed by atoms with van der Waals surface area (Å²) >= 11 is 0. The van der Waals surface area contributed by atoms with Gasteiger partial charge in [0, 0.05) is 55.1 Å². The number of para-hydroxylation sites is 4. The first kappa shape index (κ1) is 39.6. The first-order valence-corrected chi connectivity index (χ1v) is 25.0. The molecule has 10 aromatic carbocycles. The van der Waals surface area contributed by atoms with Crippen molar-refractivity contribution in [3.8, 4) is 0 Å². The molecule has 2 aliphatic carbocycles. The van der Waals surface area contributed by atoms with Crippen LogP contribution in [-0.2, 0) is 0 Å². The normalized spacial score (nSPS) is 15.2. The summed E-state index contributed by atoms with van der Waals surface area (Å²) in [6.45, 7) is 0. The van der Waals surface area contributed by atoms with Crippen molar-refractivity contribution < 1.29 is 8.83 Å². The van der Waals surface area contributed by atoms with Crippen LogP contribution in [0, 0.1) is 0 Å². The predicted octanol–water partition coefficient (Wildman–Crippen LogP) is 19.4. The van der Waals surface area contributed by atoms with E-state index in [9.17, 15) is 0 Å². The van der Waals surface area contributed by atoms with Crippen LogP contribution in [0.2, 0.25) is 0 Å². The van der Waals surface area contributed by atoms with Gasteiger partial charge in [0.15, 0.2) is 0 Å². The lowest BCUT2D eigenvalue weighted by Crippen LogP contribution is -2.14.